The number of amides is 3. The molecule has 13 nitrogen and oxygen atoms in total. The molecule has 0 aliphatic carbocycles. The largest absolute Gasteiger partial charge is 0.508 e. The van der Waals surface area contributed by atoms with Crippen LogP contribution in [0.3, 0.4) is 0 Å². The number of carboxylic acid groups (broad SMARTS) is 1. The van der Waals surface area contributed by atoms with Crippen LogP contribution in [-0.4, -0.2) is 73.9 Å². The maximum absolute atomic E-state index is 14.9. The second-order valence-corrected chi connectivity index (χ2v) is 18.0. The van der Waals surface area contributed by atoms with Gasteiger partial charge in [0.1, 0.15) is 29.1 Å². The molecule has 0 saturated carbocycles. The fourth-order valence-electron chi connectivity index (χ4n) is 8.96. The van der Waals surface area contributed by atoms with Gasteiger partial charge in [0, 0.05) is 32.0 Å². The lowest BCUT2D eigenvalue weighted by atomic mass is 9.77. The van der Waals surface area contributed by atoms with E-state index in [0.29, 0.717) is 42.6 Å². The van der Waals surface area contributed by atoms with E-state index in [9.17, 15) is 38.6 Å². The van der Waals surface area contributed by atoms with Crippen molar-refractivity contribution in [2.45, 2.75) is 108 Å². The number of halogens is 1. The second kappa shape index (κ2) is 26.5. The van der Waals surface area contributed by atoms with Gasteiger partial charge >= 0.3 is 5.97 Å². The number of unbranched alkanes of at least 4 members (excludes halogenated alkanes) is 5. The summed E-state index contributed by atoms with van der Waals surface area (Å²) in [5.41, 5.74) is 10.2. The first-order chi connectivity index (χ1) is 34.4. The monoisotopic (exact) mass is 964 g/mol. The molecule has 0 fully saturated rings. The molecule has 5 aromatic carbocycles. The number of carboxylic acids is 1. The average molecular weight is 965 g/mol. The Kier molecular flexibility index (Phi) is 19.8. The topological polar surface area (TPSA) is 206 Å². The van der Waals surface area contributed by atoms with Gasteiger partial charge in [-0.25, -0.2) is 14.2 Å². The molecule has 1 aromatic heterocycles. The smallest absolute Gasteiger partial charge is 0.326 e. The molecule has 1 unspecified atom stereocenters. The number of rotatable bonds is 28. The highest BCUT2D eigenvalue weighted by atomic mass is 19.1. The Morgan fingerprint density at radius 3 is 1.79 bits per heavy atom. The summed E-state index contributed by atoms with van der Waals surface area (Å²) in [5.74, 6) is -5.76. The molecule has 1 heterocycles. The van der Waals surface area contributed by atoms with E-state index in [1.807, 2.05) is 65.4 Å². The summed E-state index contributed by atoms with van der Waals surface area (Å²) in [4.78, 5) is 73.2. The third-order valence-electron chi connectivity index (χ3n) is 12.8. The fourth-order valence-corrected chi connectivity index (χ4v) is 8.96. The number of aliphatic carboxylic acids is 1. The number of benzene rings is 5. The van der Waals surface area contributed by atoms with Crippen molar-refractivity contribution in [1.29, 1.82) is 0 Å². The molecular formula is C57H65FN6O7. The van der Waals surface area contributed by atoms with Crippen molar-refractivity contribution in [2.24, 2.45) is 11.7 Å². The van der Waals surface area contributed by atoms with Gasteiger partial charge < -0.3 is 36.5 Å². The SMILES string of the molecule is CCCCCCCC(=O)NCCCC[C@H](NC(=O)[C@@H](N)Cc1cn(C(c2ccccc2)(c2ccccc2)c2ccccc2)cn1)C(=O)C(Cc1ccc(F)cc1)C(=O)N[C@H](Cc1ccc(O)cc1)C(=O)O. The summed E-state index contributed by atoms with van der Waals surface area (Å²) in [6.07, 6.45) is 9.54. The minimum Gasteiger partial charge on any atom is -0.508 e. The maximum atomic E-state index is 14.9. The van der Waals surface area contributed by atoms with Crippen molar-refractivity contribution in [3.8, 4) is 5.75 Å². The summed E-state index contributed by atoms with van der Waals surface area (Å²) in [6.45, 7) is 2.46. The summed E-state index contributed by atoms with van der Waals surface area (Å²) in [6, 6.07) is 37.3. The Morgan fingerprint density at radius 2 is 1.21 bits per heavy atom. The molecule has 4 atom stereocenters. The summed E-state index contributed by atoms with van der Waals surface area (Å²) in [5, 5.41) is 28.3. The number of nitrogens with two attached hydrogens (primary N) is 1. The van der Waals surface area contributed by atoms with Crippen LogP contribution in [0.5, 0.6) is 5.75 Å². The van der Waals surface area contributed by atoms with Gasteiger partial charge in [0.2, 0.25) is 17.7 Å². The second-order valence-electron chi connectivity index (χ2n) is 18.0. The van der Waals surface area contributed by atoms with Gasteiger partial charge in [0.25, 0.3) is 0 Å². The number of hydrogen-bond acceptors (Lipinski definition) is 8. The standard InChI is InChI=1S/C57H65FN6O7/c1-2-3-4-5-15-25-52(66)60-34-17-16-24-50(53(67)48(35-40-26-30-45(58)31-27-40)54(68)63-51(56(70)71)36-41-28-32-47(65)33-29-41)62-55(69)49(59)37-46-38-64(39-61-46)57(42-18-9-6-10-19-42,43-20-11-7-12-21-43)44-22-13-8-14-23-44/h6-14,18-23,26-33,38-39,48-51,65H,2-5,15-17,24-25,34-37,59H2,1H3,(H,60,66)(H,62,69)(H,63,68)(H,70,71)/t48?,49-,50-,51+/m0/s1. The molecule has 0 spiro atoms. The van der Waals surface area contributed by atoms with Gasteiger partial charge in [-0.1, -0.05) is 148 Å². The highest BCUT2D eigenvalue weighted by molar-refractivity contribution is 6.06. The molecule has 0 radical (unpaired) electrons. The minimum absolute atomic E-state index is 0.0181. The van der Waals surface area contributed by atoms with Gasteiger partial charge in [-0.3, -0.25) is 19.2 Å². The number of Topliss-reactive ketones (excluding diaryl/α,β-unsaturated/α-hetero) is 1. The van der Waals surface area contributed by atoms with Gasteiger partial charge in [0.15, 0.2) is 5.78 Å². The number of carbonyl (C=O) groups excluding carboxylic acids is 4. The van der Waals surface area contributed by atoms with E-state index in [0.717, 1.165) is 48.8 Å². The average Bonchev–Trinajstić information content (AvgIpc) is 3.85. The molecule has 3 amide bonds. The lowest BCUT2D eigenvalue weighted by molar-refractivity contribution is -0.144. The molecule has 0 saturated heterocycles. The zero-order chi connectivity index (χ0) is 50.6. The Morgan fingerprint density at radius 1 is 0.662 bits per heavy atom. The summed E-state index contributed by atoms with van der Waals surface area (Å²) in [7, 11) is 0. The van der Waals surface area contributed by atoms with Crippen molar-refractivity contribution in [3.05, 3.63) is 191 Å². The van der Waals surface area contributed by atoms with Crippen molar-refractivity contribution >= 4 is 29.5 Å². The zero-order valence-corrected chi connectivity index (χ0v) is 40.2. The fraction of sp³-hybridized carbons (Fsp3) is 0.333. The third-order valence-corrected chi connectivity index (χ3v) is 12.8. The van der Waals surface area contributed by atoms with E-state index < -0.39 is 59.0 Å². The van der Waals surface area contributed by atoms with E-state index in [2.05, 4.69) is 59.3 Å². The summed E-state index contributed by atoms with van der Waals surface area (Å²) < 4.78 is 16.1. The van der Waals surface area contributed by atoms with Gasteiger partial charge in [0.05, 0.1) is 24.1 Å². The van der Waals surface area contributed by atoms with E-state index in [4.69, 9.17) is 10.7 Å². The molecule has 0 aliphatic heterocycles. The van der Waals surface area contributed by atoms with Crippen LogP contribution in [0, 0.1) is 11.7 Å². The number of phenols is 1. The van der Waals surface area contributed by atoms with Gasteiger partial charge in [-0.2, -0.15) is 0 Å². The molecule has 0 bridgehead atoms. The van der Waals surface area contributed by atoms with Crippen molar-refractivity contribution in [2.75, 3.05) is 6.54 Å². The number of hydrogen-bond donors (Lipinski definition) is 6. The molecule has 14 heteroatoms. The van der Waals surface area contributed by atoms with Crippen LogP contribution in [0.2, 0.25) is 0 Å². The van der Waals surface area contributed by atoms with Crippen LogP contribution >= 0.6 is 0 Å². The first-order valence-corrected chi connectivity index (χ1v) is 24.5. The number of carbonyl (C=O) groups is 5. The van der Waals surface area contributed by atoms with Crippen molar-refractivity contribution in [3.63, 3.8) is 0 Å². The molecule has 71 heavy (non-hydrogen) atoms. The van der Waals surface area contributed by atoms with Crippen LogP contribution in [-0.2, 0) is 48.8 Å². The Labute approximate surface area is 415 Å². The third kappa shape index (κ3) is 14.8. The minimum atomic E-state index is -1.52. The number of imidazole rings is 1. The highest BCUT2D eigenvalue weighted by Gasteiger charge is 2.39. The molecular weight excluding hydrogens is 900 g/mol. The quantitative estimate of drug-likeness (QED) is 0.0161. The number of ketones is 1. The predicted octanol–water partition coefficient (Wildman–Crippen LogP) is 7.81. The van der Waals surface area contributed by atoms with Crippen LogP contribution in [0.25, 0.3) is 0 Å². The first kappa shape index (κ1) is 52.9. The molecule has 7 N–H and O–H groups in total. The zero-order valence-electron chi connectivity index (χ0n) is 40.2. The van der Waals surface area contributed by atoms with E-state index in [1.54, 1.807) is 6.33 Å². The molecule has 372 valence electrons. The molecule has 6 aromatic rings. The van der Waals surface area contributed by atoms with Crippen molar-refractivity contribution in [1.82, 2.24) is 25.5 Å². The van der Waals surface area contributed by atoms with Crippen LogP contribution < -0.4 is 21.7 Å². The number of nitrogens with one attached hydrogen (secondary N) is 3. The predicted molar refractivity (Wildman–Crippen MR) is 271 cm³/mol. The number of aromatic hydroxyl groups is 1. The van der Waals surface area contributed by atoms with Gasteiger partial charge in [-0.15, -0.1) is 0 Å². The van der Waals surface area contributed by atoms with E-state index >= 15 is 0 Å². The lowest BCUT2D eigenvalue weighted by Gasteiger charge is -2.37. The van der Waals surface area contributed by atoms with Crippen molar-refractivity contribution < 1.29 is 38.6 Å². The van der Waals surface area contributed by atoms with Crippen LogP contribution in [0.15, 0.2) is 152 Å². The lowest BCUT2D eigenvalue weighted by Crippen LogP contribution is -2.54. The maximum Gasteiger partial charge on any atom is 0.326 e. The van der Waals surface area contributed by atoms with Gasteiger partial charge in [-0.05, 0) is 84.2 Å². The van der Waals surface area contributed by atoms with E-state index in [-0.39, 0.29) is 37.3 Å². The number of aromatic nitrogens is 2. The normalized spacial score (nSPS) is 13.1. The molecule has 0 aliphatic rings. The van der Waals surface area contributed by atoms with Crippen LogP contribution in [0.4, 0.5) is 4.39 Å². The van der Waals surface area contributed by atoms with E-state index in [1.165, 1.54) is 48.5 Å². The highest BCUT2D eigenvalue weighted by Crippen LogP contribution is 2.41. The summed E-state index contributed by atoms with van der Waals surface area (Å²) >= 11 is 0. The number of phenolic OH excluding ortho intramolecular Hbond substituents is 1. The Hall–Kier alpha value is -7.45. The Balaban J connectivity index is 1.25. The molecule has 6 rings (SSSR count). The Bertz CT molecular complexity index is 2530. The first-order valence-electron chi connectivity index (χ1n) is 24.5. The number of nitrogens with zero attached hydrogens (tertiary/aromatic N) is 2. The van der Waals surface area contributed by atoms with Crippen LogP contribution in [0.1, 0.15) is 98.2 Å².